The first-order valence-electron chi connectivity index (χ1n) is 8.70. The molecule has 6 heteroatoms. The molecule has 0 bridgehead atoms. The lowest BCUT2D eigenvalue weighted by atomic mass is 10.1. The van der Waals surface area contributed by atoms with Gasteiger partial charge in [0.15, 0.2) is 0 Å². The Labute approximate surface area is 173 Å². The van der Waals surface area contributed by atoms with E-state index in [0.717, 1.165) is 26.8 Å². The Morgan fingerprint density at radius 1 is 1.00 bits per heavy atom. The van der Waals surface area contributed by atoms with Crippen LogP contribution in [0.5, 0.6) is 5.75 Å². The predicted molar refractivity (Wildman–Crippen MR) is 119 cm³/mol. The summed E-state index contributed by atoms with van der Waals surface area (Å²) in [5, 5.41) is 7.96. The Morgan fingerprint density at radius 2 is 1.76 bits per heavy atom. The van der Waals surface area contributed by atoms with E-state index in [9.17, 15) is 4.39 Å². The van der Waals surface area contributed by atoms with E-state index in [0.29, 0.717) is 5.56 Å². The predicted octanol–water partition coefficient (Wildman–Crippen LogP) is 5.39. The first-order chi connectivity index (χ1) is 14.1. The minimum atomic E-state index is -0.451. The van der Waals surface area contributed by atoms with Gasteiger partial charge in [0.05, 0.1) is 25.1 Å². The van der Waals surface area contributed by atoms with Crippen molar-refractivity contribution in [3.63, 3.8) is 0 Å². The Hall–Kier alpha value is -3.56. The minimum absolute atomic E-state index is 0.224. The zero-order valence-electron chi connectivity index (χ0n) is 16.0. The molecule has 4 nitrogen and oxygen atoms in total. The highest BCUT2D eigenvalue weighted by Gasteiger charge is 2.02. The number of thiophene rings is 1. The quantitative estimate of drug-likeness (QED) is 0.309. The molecule has 0 aliphatic rings. The fourth-order valence-electron chi connectivity index (χ4n) is 2.46. The largest absolute Gasteiger partial charge is 0.494 e. The van der Waals surface area contributed by atoms with Crippen LogP contribution in [0.15, 0.2) is 63.7 Å². The van der Waals surface area contributed by atoms with Crippen LogP contribution < -0.4 is 4.74 Å². The molecule has 0 amide bonds. The fraction of sp³-hybridized carbons (Fsp3) is 0.0870. The number of hydrogen-bond donors (Lipinski definition) is 0. The number of aliphatic imine (C=N–C) groups is 1. The van der Waals surface area contributed by atoms with Crippen molar-refractivity contribution in [2.45, 2.75) is 6.92 Å². The van der Waals surface area contributed by atoms with Crippen LogP contribution >= 0.6 is 11.3 Å². The highest BCUT2D eigenvalue weighted by molar-refractivity contribution is 7.15. The first kappa shape index (κ1) is 20.2. The van der Waals surface area contributed by atoms with Gasteiger partial charge >= 0.3 is 0 Å². The van der Waals surface area contributed by atoms with Gasteiger partial charge < -0.3 is 4.74 Å². The SMILES string of the molecule is C#Cc1ccc(/C=N/N=C/c2ccc(C=Nc3cc(C)ccc3OC)s2)cc1F. The third-order valence-electron chi connectivity index (χ3n) is 3.92. The first-order valence-corrected chi connectivity index (χ1v) is 9.52. The highest BCUT2D eigenvalue weighted by Crippen LogP contribution is 2.28. The van der Waals surface area contributed by atoms with Crippen molar-refractivity contribution in [1.82, 2.24) is 0 Å². The number of nitrogens with zero attached hydrogens (tertiary/aromatic N) is 3. The summed E-state index contributed by atoms with van der Waals surface area (Å²) >= 11 is 1.53. The molecule has 0 saturated heterocycles. The molecular formula is C23H18FN3OS. The molecule has 0 spiro atoms. The summed E-state index contributed by atoms with van der Waals surface area (Å²) in [5.41, 5.74) is 2.71. The molecule has 144 valence electrons. The minimum Gasteiger partial charge on any atom is -0.494 e. The number of aryl methyl sites for hydroxylation is 1. The van der Waals surface area contributed by atoms with Gasteiger partial charge in [-0.15, -0.1) is 17.8 Å². The molecule has 0 fully saturated rings. The van der Waals surface area contributed by atoms with E-state index in [1.54, 1.807) is 25.6 Å². The fourth-order valence-corrected chi connectivity index (χ4v) is 3.21. The van der Waals surface area contributed by atoms with Gasteiger partial charge in [0.1, 0.15) is 17.3 Å². The molecule has 1 aromatic heterocycles. The molecule has 0 unspecified atom stereocenters. The lowest BCUT2D eigenvalue weighted by Crippen LogP contribution is -1.87. The smallest absolute Gasteiger partial charge is 0.144 e. The van der Waals surface area contributed by atoms with Gasteiger partial charge in [-0.1, -0.05) is 18.1 Å². The van der Waals surface area contributed by atoms with Crippen molar-refractivity contribution in [2.75, 3.05) is 7.11 Å². The number of terminal acetylenes is 1. The van der Waals surface area contributed by atoms with Crippen molar-refractivity contribution in [3.8, 4) is 18.1 Å². The Morgan fingerprint density at radius 3 is 2.48 bits per heavy atom. The summed E-state index contributed by atoms with van der Waals surface area (Å²) in [6.07, 6.45) is 10.1. The van der Waals surface area contributed by atoms with Crippen molar-refractivity contribution < 1.29 is 9.13 Å². The van der Waals surface area contributed by atoms with Crippen molar-refractivity contribution in [3.05, 3.63) is 80.8 Å². The number of hydrogen-bond acceptors (Lipinski definition) is 5. The lowest BCUT2D eigenvalue weighted by molar-refractivity contribution is 0.416. The zero-order valence-corrected chi connectivity index (χ0v) is 16.8. The molecule has 0 N–H and O–H groups in total. The molecule has 2 aromatic carbocycles. The summed E-state index contributed by atoms with van der Waals surface area (Å²) in [6, 6.07) is 14.3. The molecular weight excluding hydrogens is 385 g/mol. The van der Waals surface area contributed by atoms with Crippen LogP contribution in [-0.4, -0.2) is 25.8 Å². The van der Waals surface area contributed by atoms with Crippen LogP contribution in [0, 0.1) is 25.1 Å². The number of methoxy groups -OCH3 is 1. The van der Waals surface area contributed by atoms with Crippen LogP contribution in [0.4, 0.5) is 10.1 Å². The topological polar surface area (TPSA) is 46.3 Å². The van der Waals surface area contributed by atoms with Gasteiger partial charge in [-0.2, -0.15) is 10.2 Å². The van der Waals surface area contributed by atoms with Gasteiger partial charge in [0.2, 0.25) is 0 Å². The summed E-state index contributed by atoms with van der Waals surface area (Å²) in [7, 11) is 1.63. The van der Waals surface area contributed by atoms with Crippen LogP contribution in [0.25, 0.3) is 0 Å². The third-order valence-corrected chi connectivity index (χ3v) is 4.87. The van der Waals surface area contributed by atoms with E-state index in [2.05, 4.69) is 21.1 Å². The standard InChI is InChI=1S/C23H18FN3OS/c1-4-18-7-6-17(12-21(18)24)13-26-27-15-20-9-8-19(29-20)14-25-22-11-16(2)5-10-23(22)28-3/h1,5-15H,2-3H3/b25-14?,26-13+,27-15+. The van der Waals surface area contributed by atoms with Crippen LogP contribution in [0.2, 0.25) is 0 Å². The molecule has 0 radical (unpaired) electrons. The van der Waals surface area contributed by atoms with E-state index >= 15 is 0 Å². The lowest BCUT2D eigenvalue weighted by Gasteiger charge is -2.04. The number of rotatable bonds is 6. The average molecular weight is 403 g/mol. The van der Waals surface area contributed by atoms with E-state index in [1.165, 1.54) is 29.7 Å². The van der Waals surface area contributed by atoms with Crippen LogP contribution in [-0.2, 0) is 0 Å². The van der Waals surface area contributed by atoms with E-state index in [1.807, 2.05) is 37.3 Å². The normalized spacial score (nSPS) is 11.5. The number of ether oxygens (including phenoxy) is 1. The van der Waals surface area contributed by atoms with E-state index in [-0.39, 0.29) is 5.56 Å². The van der Waals surface area contributed by atoms with Gasteiger partial charge in [0, 0.05) is 16.0 Å². The molecule has 3 aromatic rings. The Bertz CT molecular complexity index is 1140. The Kier molecular flexibility index (Phi) is 6.67. The van der Waals surface area contributed by atoms with E-state index in [4.69, 9.17) is 11.2 Å². The van der Waals surface area contributed by atoms with Gasteiger partial charge in [-0.25, -0.2) is 4.39 Å². The van der Waals surface area contributed by atoms with Gasteiger partial charge in [0.25, 0.3) is 0 Å². The monoisotopic (exact) mass is 403 g/mol. The van der Waals surface area contributed by atoms with E-state index < -0.39 is 5.82 Å². The van der Waals surface area contributed by atoms with Crippen molar-refractivity contribution in [2.24, 2.45) is 15.2 Å². The van der Waals surface area contributed by atoms with Gasteiger partial charge in [-0.3, -0.25) is 4.99 Å². The van der Waals surface area contributed by atoms with Gasteiger partial charge in [-0.05, 0) is 54.4 Å². The maximum atomic E-state index is 13.6. The van der Waals surface area contributed by atoms with Crippen molar-refractivity contribution >= 4 is 35.7 Å². The molecule has 0 saturated carbocycles. The van der Waals surface area contributed by atoms with Crippen molar-refractivity contribution in [1.29, 1.82) is 0 Å². The van der Waals surface area contributed by atoms with Crippen LogP contribution in [0.1, 0.15) is 26.4 Å². The average Bonchev–Trinajstić information content (AvgIpc) is 3.18. The molecule has 3 rings (SSSR count). The molecule has 0 aliphatic carbocycles. The third kappa shape index (κ3) is 5.47. The zero-order chi connectivity index (χ0) is 20.6. The molecule has 29 heavy (non-hydrogen) atoms. The second-order valence-electron chi connectivity index (χ2n) is 6.05. The second kappa shape index (κ2) is 9.58. The highest BCUT2D eigenvalue weighted by atomic mass is 32.1. The number of halogens is 1. The summed E-state index contributed by atoms with van der Waals surface area (Å²) < 4.78 is 19.0. The number of benzene rings is 2. The maximum absolute atomic E-state index is 13.6. The molecule has 0 atom stereocenters. The summed E-state index contributed by atoms with van der Waals surface area (Å²) in [5.74, 6) is 2.55. The summed E-state index contributed by atoms with van der Waals surface area (Å²) in [4.78, 5) is 6.42. The second-order valence-corrected chi connectivity index (χ2v) is 7.19. The molecule has 0 aliphatic heterocycles. The van der Waals surface area contributed by atoms with Crippen LogP contribution in [0.3, 0.4) is 0 Å². The maximum Gasteiger partial charge on any atom is 0.144 e. The molecule has 1 heterocycles. The summed E-state index contributed by atoms with van der Waals surface area (Å²) in [6.45, 7) is 2.01. The Balaban J connectivity index is 1.65.